The number of hydrogen-bond acceptors (Lipinski definition) is 4. The van der Waals surface area contributed by atoms with Crippen LogP contribution in [0.3, 0.4) is 0 Å². The molecule has 0 bridgehead atoms. The van der Waals surface area contributed by atoms with Crippen LogP contribution in [0.1, 0.15) is 32.3 Å². The van der Waals surface area contributed by atoms with Gasteiger partial charge in [0, 0.05) is 19.6 Å². The molecule has 0 aromatic heterocycles. The summed E-state index contributed by atoms with van der Waals surface area (Å²) in [5.41, 5.74) is 1.23. The van der Waals surface area contributed by atoms with E-state index >= 15 is 0 Å². The van der Waals surface area contributed by atoms with Crippen LogP contribution < -0.4 is 5.32 Å². The van der Waals surface area contributed by atoms with Crippen LogP contribution in [0.25, 0.3) is 0 Å². The van der Waals surface area contributed by atoms with Crippen LogP contribution in [0, 0.1) is 5.92 Å². The summed E-state index contributed by atoms with van der Waals surface area (Å²) in [6.07, 6.45) is 0.408. The first-order valence-corrected chi connectivity index (χ1v) is 8.84. The van der Waals surface area contributed by atoms with Crippen molar-refractivity contribution in [3.8, 4) is 0 Å². The van der Waals surface area contributed by atoms with E-state index in [1.165, 1.54) is 5.56 Å². The van der Waals surface area contributed by atoms with Gasteiger partial charge in [0.05, 0.1) is 19.1 Å². The average Bonchev–Trinajstić information content (AvgIpc) is 2.55. The van der Waals surface area contributed by atoms with Gasteiger partial charge in [-0.1, -0.05) is 44.2 Å². The third-order valence-electron chi connectivity index (χ3n) is 4.23. The van der Waals surface area contributed by atoms with Crippen molar-refractivity contribution in [2.45, 2.75) is 45.4 Å². The minimum absolute atomic E-state index is 0.188. The summed E-state index contributed by atoms with van der Waals surface area (Å²) in [6.45, 7) is 6.79. The predicted molar refractivity (Wildman–Crippen MR) is 95.1 cm³/mol. The van der Waals surface area contributed by atoms with Gasteiger partial charge >= 0.3 is 5.97 Å². The lowest BCUT2D eigenvalue weighted by atomic mass is 10.0. The van der Waals surface area contributed by atoms with E-state index in [2.05, 4.69) is 22.3 Å². The van der Waals surface area contributed by atoms with Crippen LogP contribution in [0.2, 0.25) is 0 Å². The molecule has 1 amide bonds. The summed E-state index contributed by atoms with van der Waals surface area (Å²) in [5.74, 6) is -1.05. The van der Waals surface area contributed by atoms with Gasteiger partial charge in [-0.2, -0.15) is 0 Å². The second-order valence-electron chi connectivity index (χ2n) is 7.01. The summed E-state index contributed by atoms with van der Waals surface area (Å²) in [6, 6.07) is 9.35. The molecule has 1 unspecified atom stereocenters. The molecule has 1 aliphatic rings. The number of rotatable bonds is 8. The van der Waals surface area contributed by atoms with E-state index in [1.807, 2.05) is 32.0 Å². The maximum Gasteiger partial charge on any atom is 0.326 e. The Morgan fingerprint density at radius 1 is 1.32 bits per heavy atom. The molecular weight excluding hydrogens is 320 g/mol. The molecule has 0 spiro atoms. The highest BCUT2D eigenvalue weighted by molar-refractivity contribution is 5.83. The molecule has 1 heterocycles. The van der Waals surface area contributed by atoms with Crippen molar-refractivity contribution in [3.63, 3.8) is 0 Å². The molecule has 138 valence electrons. The SMILES string of the molecule is CC(C)C[C@H](NC(=O)CC1CN(Cc2ccccc2)CCO1)C(=O)O. The van der Waals surface area contributed by atoms with Crippen LogP contribution >= 0.6 is 0 Å². The maximum absolute atomic E-state index is 12.2. The van der Waals surface area contributed by atoms with Gasteiger partial charge in [-0.15, -0.1) is 0 Å². The van der Waals surface area contributed by atoms with Crippen molar-refractivity contribution in [1.29, 1.82) is 0 Å². The van der Waals surface area contributed by atoms with Gasteiger partial charge in [0.15, 0.2) is 0 Å². The maximum atomic E-state index is 12.2. The molecular formula is C19H28N2O4. The molecule has 0 aliphatic carbocycles. The second-order valence-corrected chi connectivity index (χ2v) is 7.01. The molecule has 1 fully saturated rings. The fraction of sp³-hybridized carbons (Fsp3) is 0.579. The summed E-state index contributed by atoms with van der Waals surface area (Å²) in [4.78, 5) is 25.7. The Hall–Kier alpha value is -1.92. The Kier molecular flexibility index (Phi) is 7.40. The van der Waals surface area contributed by atoms with Crippen molar-refractivity contribution in [2.75, 3.05) is 19.7 Å². The zero-order valence-electron chi connectivity index (χ0n) is 15.0. The van der Waals surface area contributed by atoms with E-state index in [0.717, 1.165) is 13.1 Å². The number of carboxylic acid groups (broad SMARTS) is 1. The number of nitrogens with zero attached hydrogens (tertiary/aromatic N) is 1. The number of benzene rings is 1. The topological polar surface area (TPSA) is 78.9 Å². The molecule has 2 N–H and O–H groups in total. The first kappa shape index (κ1) is 19.4. The molecule has 0 saturated carbocycles. The molecule has 6 heteroatoms. The first-order valence-electron chi connectivity index (χ1n) is 8.84. The average molecular weight is 348 g/mol. The molecule has 2 rings (SSSR count). The Balaban J connectivity index is 1.82. The lowest BCUT2D eigenvalue weighted by molar-refractivity contribution is -0.143. The highest BCUT2D eigenvalue weighted by Crippen LogP contribution is 2.13. The van der Waals surface area contributed by atoms with Gasteiger partial charge in [0.25, 0.3) is 0 Å². The Bertz CT molecular complexity index is 562. The predicted octanol–water partition coefficient (Wildman–Crippen LogP) is 1.89. The van der Waals surface area contributed by atoms with Crippen molar-refractivity contribution < 1.29 is 19.4 Å². The Morgan fingerprint density at radius 3 is 2.68 bits per heavy atom. The third-order valence-corrected chi connectivity index (χ3v) is 4.23. The number of nitrogens with one attached hydrogen (secondary N) is 1. The van der Waals surface area contributed by atoms with E-state index in [9.17, 15) is 14.7 Å². The zero-order valence-corrected chi connectivity index (χ0v) is 15.0. The summed E-state index contributed by atoms with van der Waals surface area (Å²) in [7, 11) is 0. The molecule has 1 aromatic rings. The van der Waals surface area contributed by atoms with Crippen LogP contribution in [-0.4, -0.2) is 53.7 Å². The number of carbonyl (C=O) groups is 2. The van der Waals surface area contributed by atoms with Gasteiger partial charge in [-0.05, 0) is 17.9 Å². The quantitative estimate of drug-likeness (QED) is 0.750. The second kappa shape index (κ2) is 9.53. The van der Waals surface area contributed by atoms with Gasteiger partial charge in [-0.3, -0.25) is 9.69 Å². The molecule has 25 heavy (non-hydrogen) atoms. The van der Waals surface area contributed by atoms with Crippen LogP contribution in [-0.2, 0) is 20.9 Å². The number of hydrogen-bond donors (Lipinski definition) is 2. The molecule has 0 radical (unpaired) electrons. The summed E-state index contributed by atoms with van der Waals surface area (Å²) < 4.78 is 5.69. The normalized spacial score (nSPS) is 19.6. The van der Waals surface area contributed by atoms with E-state index in [-0.39, 0.29) is 24.3 Å². The molecule has 1 saturated heterocycles. The Morgan fingerprint density at radius 2 is 2.04 bits per heavy atom. The van der Waals surface area contributed by atoms with Crippen molar-refractivity contribution in [2.24, 2.45) is 5.92 Å². The zero-order chi connectivity index (χ0) is 18.2. The van der Waals surface area contributed by atoms with E-state index in [1.54, 1.807) is 0 Å². The highest BCUT2D eigenvalue weighted by Gasteiger charge is 2.26. The van der Waals surface area contributed by atoms with Gasteiger partial charge in [0.1, 0.15) is 6.04 Å². The summed E-state index contributed by atoms with van der Waals surface area (Å²) >= 11 is 0. The molecule has 2 atom stereocenters. The lowest BCUT2D eigenvalue weighted by Crippen LogP contribution is -2.47. The smallest absolute Gasteiger partial charge is 0.326 e. The van der Waals surface area contributed by atoms with Crippen molar-refractivity contribution >= 4 is 11.9 Å². The Labute approximate surface area is 149 Å². The number of aliphatic carboxylic acids is 1. The summed E-state index contributed by atoms with van der Waals surface area (Å²) in [5, 5.41) is 11.9. The number of carboxylic acids is 1. The number of carbonyl (C=O) groups excluding carboxylic acids is 1. The third kappa shape index (κ3) is 6.84. The molecule has 1 aliphatic heterocycles. The minimum Gasteiger partial charge on any atom is -0.480 e. The van der Waals surface area contributed by atoms with Gasteiger partial charge in [-0.25, -0.2) is 4.79 Å². The van der Waals surface area contributed by atoms with E-state index in [0.29, 0.717) is 19.6 Å². The number of morpholine rings is 1. The molecule has 6 nitrogen and oxygen atoms in total. The monoisotopic (exact) mass is 348 g/mol. The lowest BCUT2D eigenvalue weighted by Gasteiger charge is -2.33. The number of amides is 1. The first-order chi connectivity index (χ1) is 11.9. The fourth-order valence-electron chi connectivity index (χ4n) is 3.04. The minimum atomic E-state index is -0.989. The van der Waals surface area contributed by atoms with E-state index in [4.69, 9.17) is 4.74 Å². The van der Waals surface area contributed by atoms with Crippen LogP contribution in [0.15, 0.2) is 30.3 Å². The molecule has 1 aromatic carbocycles. The van der Waals surface area contributed by atoms with Gasteiger partial charge < -0.3 is 15.2 Å². The van der Waals surface area contributed by atoms with Crippen LogP contribution in [0.4, 0.5) is 0 Å². The van der Waals surface area contributed by atoms with Gasteiger partial charge in [0.2, 0.25) is 5.91 Å². The highest BCUT2D eigenvalue weighted by atomic mass is 16.5. The standard InChI is InChI=1S/C19H28N2O4/c1-14(2)10-17(19(23)24)20-18(22)11-16-13-21(8-9-25-16)12-15-6-4-3-5-7-15/h3-7,14,16-17H,8-13H2,1-2H3,(H,20,22)(H,23,24)/t16?,17-/m0/s1. The van der Waals surface area contributed by atoms with Crippen molar-refractivity contribution in [1.82, 2.24) is 10.2 Å². The van der Waals surface area contributed by atoms with Crippen molar-refractivity contribution in [3.05, 3.63) is 35.9 Å². The fourth-order valence-corrected chi connectivity index (χ4v) is 3.04. The largest absolute Gasteiger partial charge is 0.480 e. The van der Waals surface area contributed by atoms with Crippen LogP contribution in [0.5, 0.6) is 0 Å². The van der Waals surface area contributed by atoms with E-state index < -0.39 is 12.0 Å². The number of ether oxygens (including phenoxy) is 1.